The quantitative estimate of drug-likeness (QED) is 0.898. The molecule has 1 amide bonds. The van der Waals surface area contributed by atoms with Crippen molar-refractivity contribution in [1.29, 1.82) is 0 Å². The van der Waals surface area contributed by atoms with E-state index >= 15 is 0 Å². The highest BCUT2D eigenvalue weighted by molar-refractivity contribution is 6.31. The first kappa shape index (κ1) is 15.3. The van der Waals surface area contributed by atoms with Crippen molar-refractivity contribution in [2.24, 2.45) is 5.41 Å². The molecule has 1 aliphatic heterocycles. The molecule has 2 atom stereocenters. The predicted molar refractivity (Wildman–Crippen MR) is 82.8 cm³/mol. The van der Waals surface area contributed by atoms with Gasteiger partial charge in [0.2, 0.25) is 5.91 Å². The average molecular weight is 295 g/mol. The van der Waals surface area contributed by atoms with E-state index in [1.807, 2.05) is 31.2 Å². The molecular weight excluding hydrogens is 272 g/mol. The van der Waals surface area contributed by atoms with Gasteiger partial charge in [-0.3, -0.25) is 4.79 Å². The van der Waals surface area contributed by atoms with Gasteiger partial charge in [0.1, 0.15) is 0 Å². The van der Waals surface area contributed by atoms with Gasteiger partial charge < -0.3 is 10.6 Å². The largest absolute Gasteiger partial charge is 0.348 e. The fourth-order valence-corrected chi connectivity index (χ4v) is 3.16. The lowest BCUT2D eigenvalue weighted by Crippen LogP contribution is -2.55. The van der Waals surface area contributed by atoms with E-state index in [1.165, 1.54) is 0 Å². The second-order valence-corrected chi connectivity index (χ2v) is 6.64. The number of hydrogen-bond donors (Lipinski definition) is 2. The van der Waals surface area contributed by atoms with Crippen LogP contribution in [-0.4, -0.2) is 18.5 Å². The summed E-state index contributed by atoms with van der Waals surface area (Å²) in [5, 5.41) is 7.10. The highest BCUT2D eigenvalue weighted by Crippen LogP contribution is 2.31. The molecule has 2 rings (SSSR count). The van der Waals surface area contributed by atoms with Crippen LogP contribution in [0.2, 0.25) is 5.02 Å². The van der Waals surface area contributed by atoms with Crippen LogP contribution in [-0.2, 0) is 4.79 Å². The molecule has 1 fully saturated rings. The Morgan fingerprint density at radius 2 is 2.15 bits per heavy atom. The molecule has 2 N–H and O–H groups in total. The molecule has 4 heteroatoms. The van der Waals surface area contributed by atoms with E-state index in [4.69, 9.17) is 11.6 Å². The number of hydrogen-bond acceptors (Lipinski definition) is 2. The van der Waals surface area contributed by atoms with Gasteiger partial charge in [0.15, 0.2) is 0 Å². The highest BCUT2D eigenvalue weighted by Gasteiger charge is 2.37. The maximum Gasteiger partial charge on any atom is 0.238 e. The Bertz CT molecular complexity index is 487. The van der Waals surface area contributed by atoms with Crippen LogP contribution < -0.4 is 10.6 Å². The Labute approximate surface area is 126 Å². The van der Waals surface area contributed by atoms with Crippen LogP contribution in [0.5, 0.6) is 0 Å². The third-order valence-electron chi connectivity index (χ3n) is 4.12. The molecule has 3 nitrogen and oxygen atoms in total. The van der Waals surface area contributed by atoms with Crippen molar-refractivity contribution < 1.29 is 4.79 Å². The second-order valence-electron chi connectivity index (χ2n) is 6.23. The van der Waals surface area contributed by atoms with E-state index in [2.05, 4.69) is 24.5 Å². The molecule has 1 aliphatic rings. The normalized spacial score (nSPS) is 23.1. The van der Waals surface area contributed by atoms with Gasteiger partial charge in [-0.05, 0) is 43.4 Å². The molecule has 1 aromatic carbocycles. The van der Waals surface area contributed by atoms with Crippen LogP contribution in [0.4, 0.5) is 0 Å². The SMILES string of the molecule is C[C@@H](NC(=O)C1NCCCC1(C)C)c1ccccc1Cl. The van der Waals surface area contributed by atoms with Crippen LogP contribution >= 0.6 is 11.6 Å². The molecule has 1 heterocycles. The summed E-state index contributed by atoms with van der Waals surface area (Å²) in [6.07, 6.45) is 2.19. The lowest BCUT2D eigenvalue weighted by Gasteiger charge is -2.38. The zero-order valence-corrected chi connectivity index (χ0v) is 13.1. The summed E-state index contributed by atoms with van der Waals surface area (Å²) >= 11 is 6.18. The molecular formula is C16H23ClN2O. The Kier molecular flexibility index (Phi) is 4.71. The number of amides is 1. The number of piperidine rings is 1. The fourth-order valence-electron chi connectivity index (χ4n) is 2.86. The van der Waals surface area contributed by atoms with E-state index in [-0.39, 0.29) is 23.4 Å². The summed E-state index contributed by atoms with van der Waals surface area (Å²) in [6, 6.07) is 7.41. The number of nitrogens with one attached hydrogen (secondary N) is 2. The van der Waals surface area contributed by atoms with Gasteiger partial charge in [0.25, 0.3) is 0 Å². The molecule has 110 valence electrons. The van der Waals surface area contributed by atoms with Crippen molar-refractivity contribution in [3.05, 3.63) is 34.9 Å². The van der Waals surface area contributed by atoms with E-state index < -0.39 is 0 Å². The minimum atomic E-state index is -0.138. The fraction of sp³-hybridized carbons (Fsp3) is 0.562. The van der Waals surface area contributed by atoms with E-state index in [1.54, 1.807) is 0 Å². The van der Waals surface area contributed by atoms with Gasteiger partial charge >= 0.3 is 0 Å². The number of carbonyl (C=O) groups is 1. The monoisotopic (exact) mass is 294 g/mol. The Morgan fingerprint density at radius 1 is 1.45 bits per heavy atom. The summed E-state index contributed by atoms with van der Waals surface area (Å²) in [6.45, 7) is 7.16. The lowest BCUT2D eigenvalue weighted by atomic mass is 9.77. The van der Waals surface area contributed by atoms with Crippen molar-refractivity contribution in [3.8, 4) is 0 Å². The van der Waals surface area contributed by atoms with Gasteiger partial charge in [-0.25, -0.2) is 0 Å². The second kappa shape index (κ2) is 6.15. The topological polar surface area (TPSA) is 41.1 Å². The van der Waals surface area contributed by atoms with Crippen LogP contribution in [0, 0.1) is 5.41 Å². The molecule has 1 saturated heterocycles. The Balaban J connectivity index is 2.06. The summed E-state index contributed by atoms with van der Waals surface area (Å²) in [4.78, 5) is 12.5. The van der Waals surface area contributed by atoms with Gasteiger partial charge in [-0.2, -0.15) is 0 Å². The number of carbonyl (C=O) groups excluding carboxylic acids is 1. The third-order valence-corrected chi connectivity index (χ3v) is 4.46. The molecule has 0 bridgehead atoms. The highest BCUT2D eigenvalue weighted by atomic mass is 35.5. The summed E-state index contributed by atoms with van der Waals surface area (Å²) < 4.78 is 0. The van der Waals surface area contributed by atoms with Crippen molar-refractivity contribution in [3.63, 3.8) is 0 Å². The Hall–Kier alpha value is -1.06. The van der Waals surface area contributed by atoms with Crippen molar-refractivity contribution in [2.45, 2.75) is 45.7 Å². The zero-order chi connectivity index (χ0) is 14.8. The van der Waals surface area contributed by atoms with Gasteiger partial charge in [-0.15, -0.1) is 0 Å². The molecule has 0 spiro atoms. The van der Waals surface area contributed by atoms with Crippen molar-refractivity contribution in [2.75, 3.05) is 6.54 Å². The van der Waals surface area contributed by atoms with E-state index in [0.29, 0.717) is 5.02 Å². The molecule has 0 saturated carbocycles. The summed E-state index contributed by atoms with van der Waals surface area (Å²) in [5.41, 5.74) is 0.943. The van der Waals surface area contributed by atoms with Crippen molar-refractivity contribution >= 4 is 17.5 Å². The molecule has 1 aromatic rings. The summed E-state index contributed by atoms with van der Waals surface area (Å²) in [7, 11) is 0. The van der Waals surface area contributed by atoms with Gasteiger partial charge in [0, 0.05) is 5.02 Å². The van der Waals surface area contributed by atoms with Gasteiger partial charge in [0.05, 0.1) is 12.1 Å². The Morgan fingerprint density at radius 3 is 2.80 bits per heavy atom. The molecule has 1 unspecified atom stereocenters. The molecule has 20 heavy (non-hydrogen) atoms. The number of halogens is 1. The average Bonchev–Trinajstić information content (AvgIpc) is 2.38. The third kappa shape index (κ3) is 3.33. The lowest BCUT2D eigenvalue weighted by molar-refractivity contribution is -0.127. The first-order chi connectivity index (χ1) is 9.42. The maximum atomic E-state index is 12.5. The predicted octanol–water partition coefficient (Wildman–Crippen LogP) is 3.30. The first-order valence-electron chi connectivity index (χ1n) is 7.20. The van der Waals surface area contributed by atoms with E-state index in [9.17, 15) is 4.79 Å². The minimum Gasteiger partial charge on any atom is -0.348 e. The zero-order valence-electron chi connectivity index (χ0n) is 12.4. The van der Waals surface area contributed by atoms with Crippen LogP contribution in [0.15, 0.2) is 24.3 Å². The van der Waals surface area contributed by atoms with Crippen molar-refractivity contribution in [1.82, 2.24) is 10.6 Å². The number of benzene rings is 1. The number of rotatable bonds is 3. The standard InChI is InChI=1S/C16H23ClN2O/c1-11(12-7-4-5-8-13(12)17)19-15(20)14-16(2,3)9-6-10-18-14/h4-5,7-8,11,14,18H,6,9-10H2,1-3H3,(H,19,20)/t11-,14?/m1/s1. The van der Waals surface area contributed by atoms with Gasteiger partial charge in [-0.1, -0.05) is 43.6 Å². The minimum absolute atomic E-state index is 0.0114. The molecule has 0 aliphatic carbocycles. The van der Waals surface area contributed by atoms with E-state index in [0.717, 1.165) is 24.9 Å². The smallest absolute Gasteiger partial charge is 0.238 e. The molecule has 0 aromatic heterocycles. The first-order valence-corrected chi connectivity index (χ1v) is 7.58. The molecule has 0 radical (unpaired) electrons. The maximum absolute atomic E-state index is 12.5. The van der Waals surface area contributed by atoms with Crippen LogP contribution in [0.1, 0.15) is 45.2 Å². The van der Waals surface area contributed by atoms with Crippen LogP contribution in [0.3, 0.4) is 0 Å². The summed E-state index contributed by atoms with van der Waals surface area (Å²) in [5.74, 6) is 0.0575. The van der Waals surface area contributed by atoms with Crippen LogP contribution in [0.25, 0.3) is 0 Å².